The largest absolute Gasteiger partial charge is 0.497 e. The molecule has 0 aliphatic carbocycles. The van der Waals surface area contributed by atoms with Crippen LogP contribution < -0.4 is 20.1 Å². The molecule has 0 fully saturated rings. The van der Waals surface area contributed by atoms with Crippen molar-refractivity contribution in [3.05, 3.63) is 83.4 Å². The van der Waals surface area contributed by atoms with E-state index in [9.17, 15) is 4.79 Å². The molecule has 1 amide bonds. The van der Waals surface area contributed by atoms with Gasteiger partial charge in [0, 0.05) is 17.9 Å². The van der Waals surface area contributed by atoms with Crippen molar-refractivity contribution in [2.45, 2.75) is 0 Å². The molecule has 3 aromatic rings. The lowest BCUT2D eigenvalue weighted by atomic mass is 10.2. The predicted octanol–water partition coefficient (Wildman–Crippen LogP) is 5.09. The van der Waals surface area contributed by atoms with Crippen molar-refractivity contribution < 1.29 is 14.3 Å². The minimum atomic E-state index is -0.237. The molecule has 0 saturated carbocycles. The highest BCUT2D eigenvalue weighted by Crippen LogP contribution is 2.19. The fraction of sp³-hybridized carbons (Fsp3) is 0.136. The fourth-order valence-corrected chi connectivity index (χ4v) is 2.77. The highest BCUT2D eigenvalue weighted by molar-refractivity contribution is 6.34. The Morgan fingerprint density at radius 2 is 1.54 bits per heavy atom. The number of hydrogen-bond acceptors (Lipinski definition) is 4. The Labute approximate surface area is 169 Å². The van der Waals surface area contributed by atoms with Gasteiger partial charge in [-0.05, 0) is 60.7 Å². The molecule has 144 valence electrons. The van der Waals surface area contributed by atoms with E-state index in [1.54, 1.807) is 31.4 Å². The van der Waals surface area contributed by atoms with Crippen molar-refractivity contribution in [1.82, 2.24) is 0 Å². The van der Waals surface area contributed by atoms with E-state index in [4.69, 9.17) is 21.1 Å². The van der Waals surface area contributed by atoms with E-state index < -0.39 is 0 Å². The van der Waals surface area contributed by atoms with Crippen LogP contribution in [0.3, 0.4) is 0 Å². The van der Waals surface area contributed by atoms with Gasteiger partial charge in [0.1, 0.15) is 18.1 Å². The van der Waals surface area contributed by atoms with E-state index >= 15 is 0 Å². The molecule has 0 aliphatic rings. The Morgan fingerprint density at radius 1 is 0.893 bits per heavy atom. The molecule has 0 aliphatic heterocycles. The molecule has 2 N–H and O–H groups in total. The van der Waals surface area contributed by atoms with Crippen molar-refractivity contribution in [3.8, 4) is 11.5 Å². The average molecular weight is 397 g/mol. The first-order valence-corrected chi connectivity index (χ1v) is 9.20. The van der Waals surface area contributed by atoms with Gasteiger partial charge in [0.2, 0.25) is 0 Å². The number of methoxy groups -OCH3 is 1. The summed E-state index contributed by atoms with van der Waals surface area (Å²) in [5.74, 6) is 1.35. The van der Waals surface area contributed by atoms with E-state index in [1.807, 2.05) is 48.5 Å². The number of hydrogen-bond donors (Lipinski definition) is 2. The third-order valence-corrected chi connectivity index (χ3v) is 4.35. The summed E-state index contributed by atoms with van der Waals surface area (Å²) >= 11 is 6.05. The van der Waals surface area contributed by atoms with Crippen LogP contribution in [0.15, 0.2) is 72.8 Å². The minimum Gasteiger partial charge on any atom is -0.497 e. The number of carbonyl (C=O) groups is 1. The van der Waals surface area contributed by atoms with Gasteiger partial charge in [-0.15, -0.1) is 0 Å². The van der Waals surface area contributed by atoms with Crippen LogP contribution in [0.25, 0.3) is 0 Å². The molecule has 5 nitrogen and oxygen atoms in total. The lowest BCUT2D eigenvalue weighted by molar-refractivity contribution is 0.102. The van der Waals surface area contributed by atoms with Gasteiger partial charge in [-0.2, -0.15) is 0 Å². The topological polar surface area (TPSA) is 59.6 Å². The molecular weight excluding hydrogens is 376 g/mol. The zero-order valence-corrected chi connectivity index (χ0v) is 16.2. The molecule has 0 spiro atoms. The molecule has 0 radical (unpaired) electrons. The lowest BCUT2D eigenvalue weighted by Crippen LogP contribution is -2.13. The molecule has 0 bridgehead atoms. The van der Waals surface area contributed by atoms with Crippen LogP contribution in [0.1, 0.15) is 10.4 Å². The number of ether oxygens (including phenoxy) is 2. The minimum absolute atomic E-state index is 0.237. The average Bonchev–Trinajstić information content (AvgIpc) is 2.73. The van der Waals surface area contributed by atoms with Gasteiger partial charge in [0.15, 0.2) is 0 Å². The van der Waals surface area contributed by atoms with Gasteiger partial charge in [-0.3, -0.25) is 4.79 Å². The summed E-state index contributed by atoms with van der Waals surface area (Å²) in [5, 5.41) is 6.54. The highest BCUT2D eigenvalue weighted by Gasteiger charge is 2.09. The maximum atomic E-state index is 12.3. The number of nitrogens with one attached hydrogen (secondary N) is 2. The second-order valence-electron chi connectivity index (χ2n) is 5.96. The first-order valence-electron chi connectivity index (χ1n) is 8.82. The molecule has 28 heavy (non-hydrogen) atoms. The van der Waals surface area contributed by atoms with Crippen LogP contribution in [0.2, 0.25) is 5.02 Å². The molecule has 3 rings (SSSR count). The molecule has 0 unspecified atom stereocenters. The lowest BCUT2D eigenvalue weighted by Gasteiger charge is -2.10. The number of rotatable bonds is 8. The zero-order valence-electron chi connectivity index (χ0n) is 15.4. The number of amides is 1. The van der Waals surface area contributed by atoms with Crippen molar-refractivity contribution in [3.63, 3.8) is 0 Å². The number of carbonyl (C=O) groups excluding carboxylic acids is 1. The van der Waals surface area contributed by atoms with Gasteiger partial charge in [-0.25, -0.2) is 0 Å². The summed E-state index contributed by atoms with van der Waals surface area (Å²) in [4.78, 5) is 12.3. The van der Waals surface area contributed by atoms with Crippen molar-refractivity contribution in [2.75, 3.05) is 30.9 Å². The van der Waals surface area contributed by atoms with Gasteiger partial charge >= 0.3 is 0 Å². The van der Waals surface area contributed by atoms with Gasteiger partial charge in [0.05, 0.1) is 17.7 Å². The first kappa shape index (κ1) is 19.6. The number of benzene rings is 3. The van der Waals surface area contributed by atoms with Crippen LogP contribution in [0.5, 0.6) is 11.5 Å². The second-order valence-corrected chi connectivity index (χ2v) is 6.37. The van der Waals surface area contributed by atoms with Crippen LogP contribution in [0, 0.1) is 0 Å². The monoisotopic (exact) mass is 396 g/mol. The highest BCUT2D eigenvalue weighted by atomic mass is 35.5. The van der Waals surface area contributed by atoms with Gasteiger partial charge < -0.3 is 20.1 Å². The first-order chi connectivity index (χ1) is 13.7. The van der Waals surface area contributed by atoms with Gasteiger partial charge in [-0.1, -0.05) is 23.7 Å². The Morgan fingerprint density at radius 3 is 2.21 bits per heavy atom. The zero-order chi connectivity index (χ0) is 19.8. The summed E-state index contributed by atoms with van der Waals surface area (Å²) in [6.45, 7) is 1.18. The predicted molar refractivity (Wildman–Crippen MR) is 113 cm³/mol. The molecule has 3 aromatic carbocycles. The summed E-state index contributed by atoms with van der Waals surface area (Å²) in [5.41, 5.74) is 2.08. The Balaban J connectivity index is 1.45. The van der Waals surface area contributed by atoms with E-state index in [-0.39, 0.29) is 5.91 Å². The smallest absolute Gasteiger partial charge is 0.257 e. The van der Waals surface area contributed by atoms with E-state index in [0.29, 0.717) is 29.4 Å². The number of anilines is 2. The summed E-state index contributed by atoms with van der Waals surface area (Å²) in [7, 11) is 1.63. The Hall–Kier alpha value is -3.18. The third kappa shape index (κ3) is 5.41. The summed E-state index contributed by atoms with van der Waals surface area (Å²) < 4.78 is 10.8. The molecular formula is C22H21ClN2O3. The van der Waals surface area contributed by atoms with Crippen LogP contribution in [0.4, 0.5) is 11.4 Å². The molecule has 6 heteroatoms. The van der Waals surface area contributed by atoms with Crippen molar-refractivity contribution in [1.29, 1.82) is 0 Å². The van der Waals surface area contributed by atoms with E-state index in [1.165, 1.54) is 0 Å². The molecule has 0 heterocycles. The summed E-state index contributed by atoms with van der Waals surface area (Å²) in [6, 6.07) is 21.9. The van der Waals surface area contributed by atoms with Crippen LogP contribution in [-0.4, -0.2) is 26.2 Å². The maximum Gasteiger partial charge on any atom is 0.257 e. The van der Waals surface area contributed by atoms with E-state index in [2.05, 4.69) is 10.6 Å². The number of halogens is 1. The van der Waals surface area contributed by atoms with E-state index in [0.717, 1.165) is 17.2 Å². The molecule has 0 aromatic heterocycles. The second kappa shape index (κ2) is 9.67. The van der Waals surface area contributed by atoms with Crippen molar-refractivity contribution in [2.24, 2.45) is 0 Å². The molecule has 0 atom stereocenters. The van der Waals surface area contributed by atoms with Crippen LogP contribution >= 0.6 is 11.6 Å². The quantitative estimate of drug-likeness (QED) is 0.520. The van der Waals surface area contributed by atoms with Gasteiger partial charge in [0.25, 0.3) is 5.91 Å². The maximum absolute atomic E-state index is 12.3. The van der Waals surface area contributed by atoms with Crippen LogP contribution in [-0.2, 0) is 0 Å². The van der Waals surface area contributed by atoms with Crippen molar-refractivity contribution >= 4 is 28.9 Å². The normalized spacial score (nSPS) is 10.2. The SMILES string of the molecule is COc1ccc(OCCNc2ccc(NC(=O)c3ccccc3Cl)cc2)cc1. The Kier molecular flexibility index (Phi) is 6.76. The molecule has 0 saturated heterocycles. The summed E-state index contributed by atoms with van der Waals surface area (Å²) in [6.07, 6.45) is 0. The Bertz CT molecular complexity index is 912. The standard InChI is InChI=1S/C22H21ClN2O3/c1-27-18-10-12-19(13-11-18)28-15-14-24-16-6-8-17(9-7-16)25-22(26)20-4-2-3-5-21(20)23/h2-13,24H,14-15H2,1H3,(H,25,26). The fourth-order valence-electron chi connectivity index (χ4n) is 2.55. The third-order valence-electron chi connectivity index (χ3n) is 4.02.